The highest BCUT2D eigenvalue weighted by molar-refractivity contribution is 5.78. The number of aromatic hydroxyl groups is 2. The summed E-state index contributed by atoms with van der Waals surface area (Å²) in [7, 11) is 0. The van der Waals surface area contributed by atoms with Crippen molar-refractivity contribution in [1.29, 1.82) is 0 Å². The largest absolute Gasteiger partial charge is 0.507 e. The lowest BCUT2D eigenvalue weighted by Crippen LogP contribution is -1.93. The molecular weight excluding hydrogens is 380 g/mol. The number of ether oxygens (including phenoxy) is 2. The van der Waals surface area contributed by atoms with E-state index in [-0.39, 0.29) is 11.5 Å². The standard InChI is InChI=1S/C24H20N2O4/c25-19-5-1-3-7-23(19)29-15-9-11-21(27)17(13-15)18-14-16(10-12-22(18)28)30-24-8-4-2-6-20(24)26/h1-14,27-28H,25-26H2. The number of nitrogens with two attached hydrogens (primary N) is 2. The Kier molecular flexibility index (Phi) is 5.05. The summed E-state index contributed by atoms with van der Waals surface area (Å²) in [5.74, 6) is 1.87. The normalized spacial score (nSPS) is 10.5. The van der Waals surface area contributed by atoms with Crippen molar-refractivity contribution in [2.24, 2.45) is 0 Å². The number of benzene rings is 4. The van der Waals surface area contributed by atoms with E-state index in [4.69, 9.17) is 20.9 Å². The first-order chi connectivity index (χ1) is 14.5. The molecule has 6 nitrogen and oxygen atoms in total. The number of hydrogen-bond acceptors (Lipinski definition) is 6. The van der Waals surface area contributed by atoms with Crippen LogP contribution in [0.4, 0.5) is 11.4 Å². The van der Waals surface area contributed by atoms with Gasteiger partial charge >= 0.3 is 0 Å². The molecule has 6 heteroatoms. The second-order valence-corrected chi connectivity index (χ2v) is 6.64. The molecule has 150 valence electrons. The molecule has 0 atom stereocenters. The lowest BCUT2D eigenvalue weighted by molar-refractivity contribution is 0.459. The zero-order valence-electron chi connectivity index (χ0n) is 15.9. The molecule has 0 unspecified atom stereocenters. The van der Waals surface area contributed by atoms with E-state index in [2.05, 4.69) is 0 Å². The Hall–Kier alpha value is -4.32. The van der Waals surface area contributed by atoms with Crippen molar-refractivity contribution in [2.45, 2.75) is 0 Å². The molecule has 0 amide bonds. The quantitative estimate of drug-likeness (QED) is 0.329. The number of hydrogen-bond donors (Lipinski definition) is 4. The molecule has 0 aliphatic carbocycles. The number of phenolic OH excluding ortho intramolecular Hbond substituents is 2. The molecule has 0 fully saturated rings. The molecule has 0 aliphatic heterocycles. The van der Waals surface area contributed by atoms with Crippen LogP contribution in [0.3, 0.4) is 0 Å². The lowest BCUT2D eigenvalue weighted by atomic mass is 10.0. The molecule has 0 aromatic heterocycles. The molecule has 0 saturated carbocycles. The molecule has 4 rings (SSSR count). The van der Waals surface area contributed by atoms with Crippen LogP contribution in [-0.4, -0.2) is 10.2 Å². The molecule has 0 heterocycles. The number of phenols is 2. The Labute approximate surface area is 173 Å². The van der Waals surface area contributed by atoms with E-state index in [9.17, 15) is 10.2 Å². The molecule has 6 N–H and O–H groups in total. The van der Waals surface area contributed by atoms with Crippen LogP contribution in [0, 0.1) is 0 Å². The van der Waals surface area contributed by atoms with Gasteiger partial charge in [0.1, 0.15) is 34.5 Å². The summed E-state index contributed by atoms with van der Waals surface area (Å²) in [6.07, 6.45) is 0. The summed E-state index contributed by atoms with van der Waals surface area (Å²) < 4.78 is 11.7. The number of nitrogen functional groups attached to an aromatic ring is 2. The van der Waals surface area contributed by atoms with Crippen LogP contribution in [0.25, 0.3) is 11.1 Å². The van der Waals surface area contributed by atoms with Gasteiger partial charge in [-0.15, -0.1) is 0 Å². The highest BCUT2D eigenvalue weighted by Crippen LogP contribution is 2.41. The maximum absolute atomic E-state index is 10.4. The summed E-state index contributed by atoms with van der Waals surface area (Å²) >= 11 is 0. The minimum Gasteiger partial charge on any atom is -0.507 e. The predicted molar refractivity (Wildman–Crippen MR) is 117 cm³/mol. The van der Waals surface area contributed by atoms with Crippen molar-refractivity contribution in [2.75, 3.05) is 11.5 Å². The van der Waals surface area contributed by atoms with E-state index in [1.165, 1.54) is 12.1 Å². The van der Waals surface area contributed by atoms with E-state index in [0.717, 1.165) is 0 Å². The van der Waals surface area contributed by atoms with E-state index in [1.54, 1.807) is 48.5 Å². The van der Waals surface area contributed by atoms with Crippen LogP contribution >= 0.6 is 0 Å². The average molecular weight is 400 g/mol. The second-order valence-electron chi connectivity index (χ2n) is 6.64. The van der Waals surface area contributed by atoms with Crippen molar-refractivity contribution in [3.8, 4) is 45.6 Å². The Morgan fingerprint density at radius 3 is 1.33 bits per heavy atom. The van der Waals surface area contributed by atoms with Crippen molar-refractivity contribution in [3.63, 3.8) is 0 Å². The third-order valence-corrected chi connectivity index (χ3v) is 4.52. The Morgan fingerprint density at radius 2 is 0.933 bits per heavy atom. The van der Waals surface area contributed by atoms with Gasteiger partial charge in [0, 0.05) is 11.1 Å². The molecule has 30 heavy (non-hydrogen) atoms. The summed E-state index contributed by atoms with van der Waals surface area (Å²) in [6.45, 7) is 0. The maximum Gasteiger partial charge on any atom is 0.150 e. The van der Waals surface area contributed by atoms with Gasteiger partial charge in [-0.3, -0.25) is 0 Å². The third kappa shape index (κ3) is 3.93. The molecular formula is C24H20N2O4. The fourth-order valence-electron chi connectivity index (χ4n) is 2.99. The van der Waals surface area contributed by atoms with Gasteiger partial charge in [0.2, 0.25) is 0 Å². The lowest BCUT2D eigenvalue weighted by Gasteiger charge is -2.14. The highest BCUT2D eigenvalue weighted by Gasteiger charge is 2.14. The van der Waals surface area contributed by atoms with Gasteiger partial charge in [0.05, 0.1) is 11.4 Å². The van der Waals surface area contributed by atoms with Gasteiger partial charge in [-0.2, -0.15) is 0 Å². The van der Waals surface area contributed by atoms with Crippen molar-refractivity contribution in [3.05, 3.63) is 84.9 Å². The second kappa shape index (κ2) is 7.97. The maximum atomic E-state index is 10.4. The van der Waals surface area contributed by atoms with Gasteiger partial charge in [-0.25, -0.2) is 0 Å². The molecule has 0 saturated heterocycles. The average Bonchev–Trinajstić information content (AvgIpc) is 2.74. The number of para-hydroxylation sites is 4. The minimum atomic E-state index is -0.0185. The smallest absolute Gasteiger partial charge is 0.150 e. The summed E-state index contributed by atoms with van der Waals surface area (Å²) in [5, 5.41) is 20.8. The zero-order chi connectivity index (χ0) is 21.1. The SMILES string of the molecule is Nc1ccccc1Oc1ccc(O)c(-c2cc(Oc3ccccc3N)ccc2O)c1. The van der Waals surface area contributed by atoms with Gasteiger partial charge in [0.25, 0.3) is 0 Å². The minimum absolute atomic E-state index is 0.0185. The Balaban J connectivity index is 1.69. The van der Waals surface area contributed by atoms with Crippen LogP contribution in [0.15, 0.2) is 84.9 Å². The fourth-order valence-corrected chi connectivity index (χ4v) is 2.99. The Bertz CT molecular complexity index is 1110. The van der Waals surface area contributed by atoms with Crippen molar-refractivity contribution in [1.82, 2.24) is 0 Å². The molecule has 0 spiro atoms. The van der Waals surface area contributed by atoms with Gasteiger partial charge in [-0.05, 0) is 60.7 Å². The first-order valence-corrected chi connectivity index (χ1v) is 9.22. The first-order valence-electron chi connectivity index (χ1n) is 9.22. The summed E-state index contributed by atoms with van der Waals surface area (Å²) in [5.41, 5.74) is 13.6. The summed E-state index contributed by atoms with van der Waals surface area (Å²) in [6, 6.07) is 23.7. The van der Waals surface area contributed by atoms with Crippen LogP contribution in [0.2, 0.25) is 0 Å². The van der Waals surface area contributed by atoms with E-state index in [1.807, 2.05) is 24.3 Å². The van der Waals surface area contributed by atoms with Gasteiger partial charge in [-0.1, -0.05) is 24.3 Å². The van der Waals surface area contributed by atoms with Crippen LogP contribution < -0.4 is 20.9 Å². The van der Waals surface area contributed by atoms with Crippen molar-refractivity contribution >= 4 is 11.4 Å². The topological polar surface area (TPSA) is 111 Å². The van der Waals surface area contributed by atoms with Crippen LogP contribution in [-0.2, 0) is 0 Å². The first kappa shape index (κ1) is 19.0. The van der Waals surface area contributed by atoms with Crippen molar-refractivity contribution < 1.29 is 19.7 Å². The zero-order valence-corrected chi connectivity index (χ0v) is 15.9. The number of anilines is 2. The monoisotopic (exact) mass is 400 g/mol. The Morgan fingerprint density at radius 1 is 0.533 bits per heavy atom. The molecule has 0 radical (unpaired) electrons. The van der Waals surface area contributed by atoms with Crippen LogP contribution in [0.1, 0.15) is 0 Å². The highest BCUT2D eigenvalue weighted by atomic mass is 16.5. The van der Waals surface area contributed by atoms with E-state index < -0.39 is 0 Å². The summed E-state index contributed by atoms with van der Waals surface area (Å²) in [4.78, 5) is 0. The van der Waals surface area contributed by atoms with E-state index in [0.29, 0.717) is 45.5 Å². The molecule has 0 aliphatic rings. The van der Waals surface area contributed by atoms with Crippen LogP contribution in [0.5, 0.6) is 34.5 Å². The molecule has 4 aromatic rings. The third-order valence-electron chi connectivity index (χ3n) is 4.52. The van der Waals surface area contributed by atoms with E-state index >= 15 is 0 Å². The van der Waals surface area contributed by atoms with Gasteiger partial charge < -0.3 is 31.2 Å². The number of rotatable bonds is 5. The predicted octanol–water partition coefficient (Wildman–Crippen LogP) is 5.51. The van der Waals surface area contributed by atoms with Gasteiger partial charge in [0.15, 0.2) is 0 Å². The molecule has 4 aromatic carbocycles. The molecule has 0 bridgehead atoms. The fraction of sp³-hybridized carbons (Fsp3) is 0.